The van der Waals surface area contributed by atoms with Crippen LogP contribution in [0.3, 0.4) is 0 Å². The van der Waals surface area contributed by atoms with Gasteiger partial charge in [0.2, 0.25) is 0 Å². The van der Waals surface area contributed by atoms with E-state index in [9.17, 15) is 13.6 Å². The topological polar surface area (TPSA) is 54.9 Å². The van der Waals surface area contributed by atoms with Crippen molar-refractivity contribution in [2.75, 3.05) is 5.32 Å². The zero-order valence-electron chi connectivity index (χ0n) is 11.8. The first-order chi connectivity index (χ1) is 11.1. The number of nitrogens with one attached hydrogen (secondary N) is 1. The zero-order chi connectivity index (χ0) is 16.2. The predicted octanol–water partition coefficient (Wildman–Crippen LogP) is 3.67. The summed E-state index contributed by atoms with van der Waals surface area (Å²) in [7, 11) is 0. The highest BCUT2D eigenvalue weighted by molar-refractivity contribution is 6.03. The quantitative estimate of drug-likeness (QED) is 0.803. The lowest BCUT2D eigenvalue weighted by Gasteiger charge is -2.05. The first kappa shape index (κ1) is 14.8. The first-order valence-electron chi connectivity index (χ1n) is 6.77. The molecule has 0 saturated carbocycles. The number of anilines is 1. The van der Waals surface area contributed by atoms with E-state index in [1.165, 1.54) is 42.7 Å². The summed E-state index contributed by atoms with van der Waals surface area (Å²) in [5, 5.41) is 2.55. The van der Waals surface area contributed by atoms with Crippen molar-refractivity contribution in [1.82, 2.24) is 9.97 Å². The van der Waals surface area contributed by atoms with Crippen molar-refractivity contribution >= 4 is 11.6 Å². The van der Waals surface area contributed by atoms with Gasteiger partial charge in [0.05, 0.1) is 5.56 Å². The summed E-state index contributed by atoms with van der Waals surface area (Å²) in [6, 6.07) is 11.4. The number of hydrogen-bond donors (Lipinski definition) is 1. The molecule has 0 saturated heterocycles. The molecule has 0 spiro atoms. The Labute approximate surface area is 130 Å². The number of rotatable bonds is 3. The fourth-order valence-corrected chi connectivity index (χ4v) is 1.99. The maximum Gasteiger partial charge on any atom is 0.258 e. The molecule has 6 heteroatoms. The molecular formula is C17H11F2N3O. The van der Waals surface area contributed by atoms with Crippen molar-refractivity contribution in [2.24, 2.45) is 0 Å². The summed E-state index contributed by atoms with van der Waals surface area (Å²) in [6.45, 7) is 0. The van der Waals surface area contributed by atoms with Crippen molar-refractivity contribution in [2.45, 2.75) is 0 Å². The van der Waals surface area contributed by atoms with Gasteiger partial charge in [0.15, 0.2) is 5.82 Å². The number of carbonyl (C=O) groups is 1. The largest absolute Gasteiger partial charge is 0.322 e. The van der Waals surface area contributed by atoms with E-state index in [1.807, 2.05) is 0 Å². The molecule has 0 bridgehead atoms. The number of hydrogen-bond acceptors (Lipinski definition) is 3. The van der Waals surface area contributed by atoms with Crippen molar-refractivity contribution in [3.05, 3.63) is 78.1 Å². The summed E-state index contributed by atoms with van der Waals surface area (Å²) < 4.78 is 26.3. The molecular weight excluding hydrogens is 300 g/mol. The minimum atomic E-state index is -0.457. The summed E-state index contributed by atoms with van der Waals surface area (Å²) >= 11 is 0. The Morgan fingerprint density at radius 2 is 1.57 bits per heavy atom. The standard InChI is InChI=1S/C17H11F2N3O/c18-13-4-1-3-11(7-13)16-20-9-12(10-21-16)17(23)22-15-6-2-5-14(19)8-15/h1-10H,(H,22,23). The van der Waals surface area contributed by atoms with Crippen LogP contribution in [-0.2, 0) is 0 Å². The van der Waals surface area contributed by atoms with Crippen LogP contribution in [-0.4, -0.2) is 15.9 Å². The molecule has 0 unspecified atom stereocenters. The summed E-state index contributed by atoms with van der Waals surface area (Å²) in [5.41, 5.74) is 1.07. The van der Waals surface area contributed by atoms with Gasteiger partial charge in [-0.25, -0.2) is 18.7 Å². The van der Waals surface area contributed by atoms with E-state index in [4.69, 9.17) is 0 Å². The number of amides is 1. The van der Waals surface area contributed by atoms with Crippen LogP contribution in [0.2, 0.25) is 0 Å². The third-order valence-electron chi connectivity index (χ3n) is 3.08. The Bertz CT molecular complexity index is 850. The second-order valence-corrected chi connectivity index (χ2v) is 4.77. The van der Waals surface area contributed by atoms with Gasteiger partial charge >= 0.3 is 0 Å². The van der Waals surface area contributed by atoms with Crippen LogP contribution in [0.25, 0.3) is 11.4 Å². The fraction of sp³-hybridized carbons (Fsp3) is 0. The van der Waals surface area contributed by atoms with Gasteiger partial charge in [0.1, 0.15) is 11.6 Å². The van der Waals surface area contributed by atoms with E-state index in [-0.39, 0.29) is 11.4 Å². The van der Waals surface area contributed by atoms with Crippen molar-refractivity contribution in [3.63, 3.8) is 0 Å². The number of nitrogens with zero attached hydrogens (tertiary/aromatic N) is 2. The van der Waals surface area contributed by atoms with Gasteiger partial charge in [-0.1, -0.05) is 18.2 Å². The van der Waals surface area contributed by atoms with E-state index in [1.54, 1.807) is 18.2 Å². The molecule has 0 aliphatic carbocycles. The highest BCUT2D eigenvalue weighted by Gasteiger charge is 2.09. The molecule has 1 heterocycles. The van der Waals surface area contributed by atoms with Gasteiger partial charge in [0.25, 0.3) is 5.91 Å². The average Bonchev–Trinajstić information content (AvgIpc) is 2.55. The number of aromatic nitrogens is 2. The SMILES string of the molecule is O=C(Nc1cccc(F)c1)c1cnc(-c2cccc(F)c2)nc1. The van der Waals surface area contributed by atoms with Gasteiger partial charge in [0, 0.05) is 23.6 Å². The zero-order valence-corrected chi connectivity index (χ0v) is 11.8. The fourth-order valence-electron chi connectivity index (χ4n) is 1.99. The molecule has 0 aliphatic heterocycles. The highest BCUT2D eigenvalue weighted by Crippen LogP contribution is 2.16. The first-order valence-corrected chi connectivity index (χ1v) is 6.77. The smallest absolute Gasteiger partial charge is 0.258 e. The Morgan fingerprint density at radius 3 is 2.22 bits per heavy atom. The number of carbonyl (C=O) groups excluding carboxylic acids is 1. The van der Waals surface area contributed by atoms with Crippen molar-refractivity contribution in [3.8, 4) is 11.4 Å². The summed E-state index contributed by atoms with van der Waals surface area (Å²) in [6.07, 6.45) is 2.67. The maximum absolute atomic E-state index is 13.2. The Hall–Kier alpha value is -3.15. The molecule has 3 rings (SSSR count). The minimum absolute atomic E-state index is 0.217. The van der Waals surface area contributed by atoms with E-state index >= 15 is 0 Å². The molecule has 1 amide bonds. The van der Waals surface area contributed by atoms with Gasteiger partial charge in [-0.15, -0.1) is 0 Å². The second-order valence-electron chi connectivity index (χ2n) is 4.77. The van der Waals surface area contributed by atoms with E-state index in [0.717, 1.165) is 0 Å². The molecule has 0 atom stereocenters. The second kappa shape index (κ2) is 6.31. The molecule has 3 aromatic rings. The lowest BCUT2D eigenvalue weighted by atomic mass is 10.2. The Balaban J connectivity index is 1.78. The molecule has 0 radical (unpaired) electrons. The van der Waals surface area contributed by atoms with Crippen molar-refractivity contribution < 1.29 is 13.6 Å². The summed E-state index contributed by atoms with van der Waals surface area (Å²) in [4.78, 5) is 20.2. The van der Waals surface area contributed by atoms with Crippen LogP contribution < -0.4 is 5.32 Å². The Morgan fingerprint density at radius 1 is 0.913 bits per heavy atom. The van der Waals surface area contributed by atoms with Gasteiger partial charge < -0.3 is 5.32 Å². The van der Waals surface area contributed by atoms with Gasteiger partial charge in [-0.2, -0.15) is 0 Å². The van der Waals surface area contributed by atoms with Gasteiger partial charge in [-0.3, -0.25) is 4.79 Å². The van der Waals surface area contributed by atoms with Crippen molar-refractivity contribution in [1.29, 1.82) is 0 Å². The average molecular weight is 311 g/mol. The third kappa shape index (κ3) is 3.55. The van der Waals surface area contributed by atoms with E-state index in [2.05, 4.69) is 15.3 Å². The van der Waals surface area contributed by atoms with E-state index < -0.39 is 11.7 Å². The third-order valence-corrected chi connectivity index (χ3v) is 3.08. The molecule has 114 valence electrons. The minimum Gasteiger partial charge on any atom is -0.322 e. The molecule has 2 aromatic carbocycles. The summed E-state index contributed by atoms with van der Waals surface area (Å²) in [5.74, 6) is -0.979. The lowest BCUT2D eigenvalue weighted by molar-refractivity contribution is 0.102. The molecule has 4 nitrogen and oxygen atoms in total. The molecule has 23 heavy (non-hydrogen) atoms. The maximum atomic E-state index is 13.2. The lowest BCUT2D eigenvalue weighted by Crippen LogP contribution is -2.12. The predicted molar refractivity (Wildman–Crippen MR) is 81.8 cm³/mol. The molecule has 0 fully saturated rings. The normalized spacial score (nSPS) is 10.3. The number of halogens is 2. The van der Waals surface area contributed by atoms with E-state index in [0.29, 0.717) is 17.1 Å². The van der Waals surface area contributed by atoms with Crippen LogP contribution in [0.5, 0.6) is 0 Å². The van der Waals surface area contributed by atoms with Crippen LogP contribution in [0.15, 0.2) is 60.9 Å². The highest BCUT2D eigenvalue weighted by atomic mass is 19.1. The number of benzene rings is 2. The molecule has 0 aliphatic rings. The van der Waals surface area contributed by atoms with Crippen LogP contribution >= 0.6 is 0 Å². The van der Waals surface area contributed by atoms with Crippen LogP contribution in [0.1, 0.15) is 10.4 Å². The monoisotopic (exact) mass is 311 g/mol. The van der Waals surface area contributed by atoms with Crippen LogP contribution in [0, 0.1) is 11.6 Å². The van der Waals surface area contributed by atoms with Crippen LogP contribution in [0.4, 0.5) is 14.5 Å². The van der Waals surface area contributed by atoms with Gasteiger partial charge in [-0.05, 0) is 30.3 Å². The Kier molecular flexibility index (Phi) is 4.05. The molecule has 1 aromatic heterocycles. The molecule has 1 N–H and O–H groups in total.